The Labute approximate surface area is 116 Å². The van der Waals surface area contributed by atoms with E-state index in [-0.39, 0.29) is 67.1 Å². The number of hydrogen-bond donors (Lipinski definition) is 0. The van der Waals surface area contributed by atoms with E-state index in [2.05, 4.69) is 4.98 Å². The summed E-state index contributed by atoms with van der Waals surface area (Å²) in [6, 6.07) is 1.12. The van der Waals surface area contributed by atoms with E-state index >= 15 is 0 Å². The van der Waals surface area contributed by atoms with Gasteiger partial charge in [0, 0.05) is 23.4 Å². The molecule has 0 N–H and O–H groups in total. The van der Waals surface area contributed by atoms with Crippen LogP contribution in [0.2, 0.25) is 0 Å². The van der Waals surface area contributed by atoms with Crippen LogP contribution in [0.5, 0.6) is 0 Å². The van der Waals surface area contributed by atoms with E-state index in [0.29, 0.717) is 6.29 Å². The molecule has 1 heterocycles. The van der Waals surface area contributed by atoms with Gasteiger partial charge in [-0.15, -0.1) is 0 Å². The molecule has 0 saturated heterocycles. The number of rotatable bonds is 2. The Hall–Kier alpha value is 0.311. The van der Waals surface area contributed by atoms with Crippen LogP contribution >= 0.6 is 0 Å². The van der Waals surface area contributed by atoms with Crippen molar-refractivity contribution in [1.82, 2.24) is 4.98 Å². The Bertz CT molecular complexity index is 274. The zero-order valence-corrected chi connectivity index (χ0v) is 10.00. The molecular formula is C6H4BF3KNO. The first-order valence-corrected chi connectivity index (χ1v) is 2.92. The molecule has 0 aliphatic heterocycles. The van der Waals surface area contributed by atoms with Gasteiger partial charge in [0.25, 0.3) is 0 Å². The fourth-order valence-electron chi connectivity index (χ4n) is 0.660. The zero-order valence-electron chi connectivity index (χ0n) is 6.88. The maximum absolute atomic E-state index is 11.9. The molecule has 1 aromatic heterocycles. The van der Waals surface area contributed by atoms with Crippen molar-refractivity contribution in [1.29, 1.82) is 0 Å². The van der Waals surface area contributed by atoms with Crippen molar-refractivity contribution in [2.75, 3.05) is 0 Å². The van der Waals surface area contributed by atoms with Gasteiger partial charge in [0.15, 0.2) is 6.29 Å². The first-order chi connectivity index (χ1) is 5.24. The maximum Gasteiger partial charge on any atom is 1.00 e. The van der Waals surface area contributed by atoms with Crippen molar-refractivity contribution in [3.8, 4) is 0 Å². The van der Waals surface area contributed by atoms with Crippen LogP contribution in [0.25, 0.3) is 0 Å². The smallest absolute Gasteiger partial charge is 1.00 e. The van der Waals surface area contributed by atoms with Crippen molar-refractivity contribution >= 4 is 19.0 Å². The third kappa shape index (κ3) is 4.92. The summed E-state index contributed by atoms with van der Waals surface area (Å²) in [7, 11) is -2.57. The molecule has 13 heavy (non-hydrogen) atoms. The SMILES string of the molecule is O=Cc1cncc(B(F)F)c1.[F-].[K+]. The number of nitrogens with zero attached hydrogens (tertiary/aromatic N) is 1. The molecule has 0 aliphatic rings. The van der Waals surface area contributed by atoms with E-state index < -0.39 is 7.27 Å². The quantitative estimate of drug-likeness (QED) is 0.362. The van der Waals surface area contributed by atoms with Gasteiger partial charge in [-0.05, 0) is 6.07 Å². The van der Waals surface area contributed by atoms with Crippen molar-refractivity contribution in [3.63, 3.8) is 0 Å². The van der Waals surface area contributed by atoms with Crippen LogP contribution < -0.4 is 61.6 Å². The summed E-state index contributed by atoms with van der Waals surface area (Å²) in [5.41, 5.74) is -0.0580. The fourth-order valence-corrected chi connectivity index (χ4v) is 0.660. The number of carbonyl (C=O) groups excluding carboxylic acids is 1. The van der Waals surface area contributed by atoms with Gasteiger partial charge in [-0.3, -0.25) is 18.4 Å². The predicted octanol–water partition coefficient (Wildman–Crippen LogP) is -5.46. The van der Waals surface area contributed by atoms with Crippen LogP contribution in [-0.2, 0) is 0 Å². The number of aromatic nitrogens is 1. The van der Waals surface area contributed by atoms with Gasteiger partial charge >= 0.3 is 58.7 Å². The molecule has 0 aliphatic carbocycles. The van der Waals surface area contributed by atoms with Crippen molar-refractivity contribution in [2.45, 2.75) is 0 Å². The Morgan fingerprint density at radius 3 is 2.46 bits per heavy atom. The molecular weight excluding hydrogens is 209 g/mol. The number of pyridine rings is 1. The van der Waals surface area contributed by atoms with E-state index in [1.165, 1.54) is 6.20 Å². The Morgan fingerprint density at radius 1 is 1.38 bits per heavy atom. The summed E-state index contributed by atoms with van der Waals surface area (Å²) >= 11 is 0. The number of hydrogen-bond acceptors (Lipinski definition) is 2. The van der Waals surface area contributed by atoms with Gasteiger partial charge in [0.05, 0.1) is 0 Å². The van der Waals surface area contributed by atoms with Gasteiger partial charge in [-0.1, -0.05) is 0 Å². The largest absolute Gasteiger partial charge is 1.00 e. The first kappa shape index (κ1) is 15.8. The molecule has 0 atom stereocenters. The molecule has 1 aromatic rings. The molecule has 64 valence electrons. The van der Waals surface area contributed by atoms with Crippen LogP contribution in [0, 0.1) is 0 Å². The number of halogens is 3. The summed E-state index contributed by atoms with van der Waals surface area (Å²) < 4.78 is 23.9. The minimum absolute atomic E-state index is 0. The molecule has 0 spiro atoms. The second-order valence-corrected chi connectivity index (χ2v) is 1.97. The van der Waals surface area contributed by atoms with Gasteiger partial charge in [-0.2, -0.15) is 0 Å². The minimum atomic E-state index is -2.57. The van der Waals surface area contributed by atoms with Crippen molar-refractivity contribution in [3.05, 3.63) is 24.0 Å². The second-order valence-electron chi connectivity index (χ2n) is 1.97. The molecule has 7 heteroatoms. The van der Waals surface area contributed by atoms with E-state index in [1.807, 2.05) is 0 Å². The Morgan fingerprint density at radius 2 is 2.00 bits per heavy atom. The van der Waals surface area contributed by atoms with Gasteiger partial charge < -0.3 is 4.70 Å². The molecule has 0 amide bonds. The molecule has 0 aromatic carbocycles. The molecule has 0 bridgehead atoms. The minimum Gasteiger partial charge on any atom is -1.00 e. The number of aldehydes is 1. The normalized spacial score (nSPS) is 7.85. The molecule has 1 rings (SSSR count). The first-order valence-electron chi connectivity index (χ1n) is 2.92. The van der Waals surface area contributed by atoms with E-state index in [0.717, 1.165) is 12.3 Å². The van der Waals surface area contributed by atoms with Crippen LogP contribution in [0.15, 0.2) is 18.5 Å². The summed E-state index contributed by atoms with van der Waals surface area (Å²) in [6.45, 7) is 0. The summed E-state index contributed by atoms with van der Waals surface area (Å²) in [6.07, 6.45) is 2.76. The monoisotopic (exact) mass is 213 g/mol. The molecule has 0 fully saturated rings. The van der Waals surface area contributed by atoms with E-state index in [9.17, 15) is 13.4 Å². The van der Waals surface area contributed by atoms with Crippen LogP contribution in [0.3, 0.4) is 0 Å². The number of carbonyl (C=O) groups is 1. The third-order valence-corrected chi connectivity index (χ3v) is 1.17. The fraction of sp³-hybridized carbons (Fsp3) is 0. The molecule has 0 unspecified atom stereocenters. The van der Waals surface area contributed by atoms with Crippen LogP contribution in [0.4, 0.5) is 8.63 Å². The van der Waals surface area contributed by atoms with E-state index in [4.69, 9.17) is 0 Å². The Kier molecular flexibility index (Phi) is 9.33. The average molecular weight is 213 g/mol. The predicted molar refractivity (Wildman–Crippen MR) is 37.2 cm³/mol. The van der Waals surface area contributed by atoms with Gasteiger partial charge in [0.2, 0.25) is 0 Å². The Balaban J connectivity index is 0. The zero-order chi connectivity index (χ0) is 8.27. The standard InChI is InChI=1S/C6H4BF2NO.FH.K/c8-7(9)6-1-5(4-11)2-10-3-6;;/h1-4H;1H;/q;;+1/p-1. The molecule has 2 nitrogen and oxygen atoms in total. The topological polar surface area (TPSA) is 30.0 Å². The van der Waals surface area contributed by atoms with Crippen LogP contribution in [0.1, 0.15) is 10.4 Å². The molecule has 0 saturated carbocycles. The van der Waals surface area contributed by atoms with E-state index in [1.54, 1.807) is 0 Å². The van der Waals surface area contributed by atoms with Gasteiger partial charge in [-0.25, -0.2) is 0 Å². The van der Waals surface area contributed by atoms with Crippen LogP contribution in [-0.4, -0.2) is 18.5 Å². The van der Waals surface area contributed by atoms with Crippen molar-refractivity contribution in [2.24, 2.45) is 0 Å². The summed E-state index contributed by atoms with van der Waals surface area (Å²) in [4.78, 5) is 13.6. The second kappa shape index (κ2) is 7.69. The summed E-state index contributed by atoms with van der Waals surface area (Å²) in [5, 5.41) is 0. The third-order valence-electron chi connectivity index (χ3n) is 1.17. The summed E-state index contributed by atoms with van der Waals surface area (Å²) in [5.74, 6) is 0. The average Bonchev–Trinajstić information content (AvgIpc) is 2.05. The molecule has 0 radical (unpaired) electrons. The van der Waals surface area contributed by atoms with Gasteiger partial charge in [0.1, 0.15) is 0 Å². The van der Waals surface area contributed by atoms with Crippen molar-refractivity contribution < 1.29 is 69.5 Å². The maximum atomic E-state index is 11.9.